The minimum absolute atomic E-state index is 0.152. The number of nitrogens with zero attached hydrogens (tertiary/aromatic N) is 4. The maximum atomic E-state index is 9.40. The summed E-state index contributed by atoms with van der Waals surface area (Å²) in [6, 6.07) is 10.2. The molecule has 6 heteroatoms. The highest BCUT2D eigenvalue weighted by molar-refractivity contribution is 6.33. The number of aryl methyl sites for hydroxylation is 1. The van der Waals surface area contributed by atoms with Crippen LogP contribution in [0.4, 0.5) is 11.5 Å². The zero-order valence-electron chi connectivity index (χ0n) is 10.7. The summed E-state index contributed by atoms with van der Waals surface area (Å²) < 4.78 is 1.78. The molecule has 0 fully saturated rings. The van der Waals surface area contributed by atoms with Crippen molar-refractivity contribution in [2.45, 2.75) is 6.92 Å². The molecule has 5 nitrogen and oxygen atoms in total. The summed E-state index contributed by atoms with van der Waals surface area (Å²) in [5.41, 5.74) is 1.96. The van der Waals surface area contributed by atoms with E-state index in [0.717, 1.165) is 5.69 Å². The van der Waals surface area contributed by atoms with E-state index < -0.39 is 0 Å². The van der Waals surface area contributed by atoms with Crippen molar-refractivity contribution in [3.05, 3.63) is 53.3 Å². The Morgan fingerprint density at radius 2 is 2.05 bits per heavy atom. The number of azo groups is 1. The van der Waals surface area contributed by atoms with Crippen LogP contribution in [0.15, 0.2) is 52.8 Å². The van der Waals surface area contributed by atoms with Crippen LogP contribution in [0.5, 0.6) is 5.75 Å². The average Bonchev–Trinajstić information content (AvgIpc) is 2.74. The maximum Gasteiger partial charge on any atom is 0.182 e. The van der Waals surface area contributed by atoms with E-state index in [0.29, 0.717) is 22.2 Å². The lowest BCUT2D eigenvalue weighted by atomic mass is 10.3. The molecule has 1 N–H and O–H groups in total. The number of aromatic hydroxyl groups is 1. The van der Waals surface area contributed by atoms with E-state index >= 15 is 0 Å². The fourth-order valence-electron chi connectivity index (χ4n) is 1.92. The van der Waals surface area contributed by atoms with E-state index in [1.54, 1.807) is 28.7 Å². The molecule has 2 heterocycles. The van der Waals surface area contributed by atoms with E-state index in [4.69, 9.17) is 11.6 Å². The second-order valence-corrected chi connectivity index (χ2v) is 4.70. The Bertz CT molecular complexity index is 810. The van der Waals surface area contributed by atoms with Crippen molar-refractivity contribution in [2.75, 3.05) is 0 Å². The lowest BCUT2D eigenvalue weighted by Crippen LogP contribution is -1.82. The Labute approximate surface area is 120 Å². The van der Waals surface area contributed by atoms with Gasteiger partial charge in [0.25, 0.3) is 0 Å². The number of fused-ring (bicyclic) bond motifs is 1. The SMILES string of the molecule is Cc1nc2c(Cl)cccn2c1N=Nc1cccc(O)c1. The topological polar surface area (TPSA) is 62.2 Å². The monoisotopic (exact) mass is 286 g/mol. The highest BCUT2D eigenvalue weighted by Gasteiger charge is 2.10. The van der Waals surface area contributed by atoms with Crippen LogP contribution in [0, 0.1) is 6.92 Å². The van der Waals surface area contributed by atoms with Gasteiger partial charge in [0.15, 0.2) is 11.5 Å². The predicted octanol–water partition coefficient (Wildman–Crippen LogP) is 4.42. The summed E-state index contributed by atoms with van der Waals surface area (Å²) in [4.78, 5) is 4.37. The average molecular weight is 287 g/mol. The first kappa shape index (κ1) is 12.6. The van der Waals surface area contributed by atoms with Gasteiger partial charge in [0.2, 0.25) is 0 Å². The molecule has 0 amide bonds. The van der Waals surface area contributed by atoms with Gasteiger partial charge in [-0.25, -0.2) is 4.98 Å². The van der Waals surface area contributed by atoms with Crippen LogP contribution >= 0.6 is 11.6 Å². The molecular formula is C14H11ClN4O. The zero-order chi connectivity index (χ0) is 14.1. The Morgan fingerprint density at radius 3 is 2.85 bits per heavy atom. The predicted molar refractivity (Wildman–Crippen MR) is 77.2 cm³/mol. The summed E-state index contributed by atoms with van der Waals surface area (Å²) >= 11 is 6.09. The second-order valence-electron chi connectivity index (χ2n) is 4.29. The second kappa shape index (κ2) is 4.94. The molecule has 0 aliphatic rings. The molecule has 0 spiro atoms. The fourth-order valence-corrected chi connectivity index (χ4v) is 2.12. The third-order valence-electron chi connectivity index (χ3n) is 2.83. The van der Waals surface area contributed by atoms with Gasteiger partial charge in [-0.1, -0.05) is 17.7 Å². The van der Waals surface area contributed by atoms with Gasteiger partial charge < -0.3 is 5.11 Å². The number of benzene rings is 1. The molecule has 0 radical (unpaired) electrons. The lowest BCUT2D eigenvalue weighted by molar-refractivity contribution is 0.475. The molecule has 0 unspecified atom stereocenters. The van der Waals surface area contributed by atoms with Crippen molar-refractivity contribution in [1.82, 2.24) is 9.38 Å². The van der Waals surface area contributed by atoms with Gasteiger partial charge in [-0.15, -0.1) is 10.2 Å². The molecule has 0 aliphatic carbocycles. The minimum Gasteiger partial charge on any atom is -0.508 e. The van der Waals surface area contributed by atoms with Crippen LogP contribution in [0.2, 0.25) is 5.02 Å². The summed E-state index contributed by atoms with van der Waals surface area (Å²) in [5.74, 6) is 0.769. The number of halogens is 1. The van der Waals surface area contributed by atoms with E-state index in [-0.39, 0.29) is 5.75 Å². The first-order chi connectivity index (χ1) is 9.65. The van der Waals surface area contributed by atoms with Crippen molar-refractivity contribution in [1.29, 1.82) is 0 Å². The normalized spacial score (nSPS) is 11.5. The smallest absolute Gasteiger partial charge is 0.182 e. The van der Waals surface area contributed by atoms with Crippen LogP contribution < -0.4 is 0 Å². The Kier molecular flexibility index (Phi) is 3.12. The van der Waals surface area contributed by atoms with E-state index in [2.05, 4.69) is 15.2 Å². The number of hydrogen-bond acceptors (Lipinski definition) is 4. The maximum absolute atomic E-state index is 9.40. The number of hydrogen-bond donors (Lipinski definition) is 1. The zero-order valence-corrected chi connectivity index (χ0v) is 11.4. The van der Waals surface area contributed by atoms with Gasteiger partial charge in [0.1, 0.15) is 5.75 Å². The van der Waals surface area contributed by atoms with Crippen molar-refractivity contribution in [3.63, 3.8) is 0 Å². The third-order valence-corrected chi connectivity index (χ3v) is 3.13. The van der Waals surface area contributed by atoms with Crippen LogP contribution in [0.3, 0.4) is 0 Å². The Morgan fingerprint density at radius 1 is 1.20 bits per heavy atom. The van der Waals surface area contributed by atoms with Gasteiger partial charge in [-0.05, 0) is 31.2 Å². The molecule has 2 aromatic heterocycles. The van der Waals surface area contributed by atoms with Crippen LogP contribution in [0.25, 0.3) is 5.65 Å². The Balaban J connectivity index is 2.07. The van der Waals surface area contributed by atoms with E-state index in [9.17, 15) is 5.11 Å². The molecule has 0 atom stereocenters. The quantitative estimate of drug-likeness (QED) is 0.709. The van der Waals surface area contributed by atoms with Crippen LogP contribution in [0.1, 0.15) is 5.69 Å². The summed E-state index contributed by atoms with van der Waals surface area (Å²) in [6.45, 7) is 1.85. The standard InChI is InChI=1S/C14H11ClN4O/c1-9-13(18-17-10-4-2-5-11(20)8-10)19-7-3-6-12(15)14(19)16-9/h2-8,20H,1H3. The van der Waals surface area contributed by atoms with E-state index in [1.165, 1.54) is 6.07 Å². The van der Waals surface area contributed by atoms with Gasteiger partial charge in [0.05, 0.1) is 16.4 Å². The lowest BCUT2D eigenvalue weighted by Gasteiger charge is -1.97. The summed E-state index contributed by atoms with van der Waals surface area (Å²) in [6.07, 6.45) is 1.83. The third kappa shape index (κ3) is 2.23. The van der Waals surface area contributed by atoms with Crippen molar-refractivity contribution < 1.29 is 5.11 Å². The molecular weight excluding hydrogens is 276 g/mol. The number of pyridine rings is 1. The van der Waals surface area contributed by atoms with Crippen LogP contribution in [-0.2, 0) is 0 Å². The van der Waals surface area contributed by atoms with Gasteiger partial charge in [-0.2, -0.15) is 0 Å². The molecule has 3 aromatic rings. The van der Waals surface area contributed by atoms with Crippen molar-refractivity contribution in [2.24, 2.45) is 10.2 Å². The number of rotatable bonds is 2. The molecule has 0 saturated carbocycles. The first-order valence-electron chi connectivity index (χ1n) is 5.99. The highest BCUT2D eigenvalue weighted by atomic mass is 35.5. The molecule has 3 rings (SSSR count). The number of phenols is 1. The highest BCUT2D eigenvalue weighted by Crippen LogP contribution is 2.27. The van der Waals surface area contributed by atoms with Crippen LogP contribution in [-0.4, -0.2) is 14.5 Å². The summed E-state index contributed by atoms with van der Waals surface area (Å²) in [5, 5.41) is 18.3. The molecule has 0 saturated heterocycles. The number of aromatic nitrogens is 2. The van der Waals surface area contributed by atoms with E-state index in [1.807, 2.05) is 19.2 Å². The Hall–Kier alpha value is -2.40. The van der Waals surface area contributed by atoms with Gasteiger partial charge >= 0.3 is 0 Å². The minimum atomic E-state index is 0.152. The molecule has 0 aliphatic heterocycles. The summed E-state index contributed by atoms with van der Waals surface area (Å²) in [7, 11) is 0. The van der Waals surface area contributed by atoms with Gasteiger partial charge in [0, 0.05) is 12.3 Å². The van der Waals surface area contributed by atoms with Gasteiger partial charge in [-0.3, -0.25) is 4.40 Å². The first-order valence-corrected chi connectivity index (χ1v) is 6.37. The van der Waals surface area contributed by atoms with Crippen molar-refractivity contribution in [3.8, 4) is 5.75 Å². The van der Waals surface area contributed by atoms with Crippen molar-refractivity contribution >= 4 is 28.8 Å². The number of phenolic OH excluding ortho intramolecular Hbond substituents is 1. The molecule has 1 aromatic carbocycles. The molecule has 0 bridgehead atoms. The molecule has 20 heavy (non-hydrogen) atoms. The fraction of sp³-hybridized carbons (Fsp3) is 0.0714. The molecule has 100 valence electrons. The number of imidazole rings is 1. The largest absolute Gasteiger partial charge is 0.508 e.